The Morgan fingerprint density at radius 2 is 2.00 bits per heavy atom. The highest BCUT2D eigenvalue weighted by atomic mass is 16.4. The van der Waals surface area contributed by atoms with Gasteiger partial charge < -0.3 is 10.0 Å². The third kappa shape index (κ3) is 3.78. The maximum Gasteiger partial charge on any atom is 0.303 e. The number of carboxylic acid groups (broad SMARTS) is 1. The minimum atomic E-state index is -0.667. The fourth-order valence-electron chi connectivity index (χ4n) is 2.22. The van der Waals surface area contributed by atoms with E-state index in [2.05, 4.69) is 32.6 Å². The van der Waals surface area contributed by atoms with E-state index in [4.69, 9.17) is 5.11 Å². The van der Waals surface area contributed by atoms with Crippen LogP contribution in [0.25, 0.3) is 0 Å². The van der Waals surface area contributed by atoms with E-state index in [0.717, 1.165) is 32.0 Å². The summed E-state index contributed by atoms with van der Waals surface area (Å²) in [5.41, 5.74) is 0.394. The molecule has 0 aromatic heterocycles. The van der Waals surface area contributed by atoms with Gasteiger partial charge in [-0.25, -0.2) is 0 Å². The highest BCUT2D eigenvalue weighted by Gasteiger charge is 2.36. The number of carboxylic acids is 1. The lowest BCUT2D eigenvalue weighted by Gasteiger charge is -2.47. The van der Waals surface area contributed by atoms with Gasteiger partial charge in [-0.15, -0.1) is 0 Å². The first-order valence-corrected chi connectivity index (χ1v) is 6.27. The summed E-state index contributed by atoms with van der Waals surface area (Å²) in [5, 5.41) is 8.78. The second kappa shape index (κ2) is 5.17. The topological polar surface area (TPSA) is 40.5 Å². The van der Waals surface area contributed by atoms with Crippen molar-refractivity contribution in [3.8, 4) is 0 Å². The van der Waals surface area contributed by atoms with Crippen LogP contribution in [0, 0.1) is 17.3 Å². The van der Waals surface area contributed by atoms with Crippen LogP contribution in [0.1, 0.15) is 40.5 Å². The second-order valence-electron chi connectivity index (χ2n) is 6.15. The van der Waals surface area contributed by atoms with E-state index in [-0.39, 0.29) is 0 Å². The number of aliphatic carboxylic acids is 1. The molecule has 0 aliphatic carbocycles. The van der Waals surface area contributed by atoms with Crippen LogP contribution in [-0.4, -0.2) is 35.6 Å². The van der Waals surface area contributed by atoms with Crippen LogP contribution < -0.4 is 0 Å². The Kier molecular flexibility index (Phi) is 4.36. The molecule has 1 atom stereocenters. The van der Waals surface area contributed by atoms with Crippen molar-refractivity contribution >= 4 is 5.97 Å². The van der Waals surface area contributed by atoms with Gasteiger partial charge in [-0.1, -0.05) is 34.1 Å². The van der Waals surface area contributed by atoms with Gasteiger partial charge in [0.05, 0.1) is 0 Å². The zero-order valence-corrected chi connectivity index (χ0v) is 11.0. The zero-order chi connectivity index (χ0) is 12.3. The molecule has 1 unspecified atom stereocenters. The maximum absolute atomic E-state index is 10.7. The number of nitrogens with zero attached hydrogens (tertiary/aromatic N) is 1. The van der Waals surface area contributed by atoms with E-state index in [1.807, 2.05) is 0 Å². The summed E-state index contributed by atoms with van der Waals surface area (Å²) in [6.07, 6.45) is 1.27. The van der Waals surface area contributed by atoms with E-state index >= 15 is 0 Å². The van der Waals surface area contributed by atoms with E-state index in [9.17, 15) is 4.79 Å². The molecule has 1 saturated heterocycles. The summed E-state index contributed by atoms with van der Waals surface area (Å²) in [7, 11) is 0. The standard InChI is InChI=1S/C13H25NO2/c1-5-10(6-12(15)16)7-14-8-11(9-14)13(2,3)4/h10-11H,5-9H2,1-4H3,(H,15,16). The Labute approximate surface area is 98.8 Å². The quantitative estimate of drug-likeness (QED) is 0.784. The Morgan fingerprint density at radius 1 is 1.44 bits per heavy atom. The van der Waals surface area contributed by atoms with E-state index in [1.54, 1.807) is 0 Å². The molecule has 1 heterocycles. The monoisotopic (exact) mass is 227 g/mol. The minimum Gasteiger partial charge on any atom is -0.481 e. The Hall–Kier alpha value is -0.570. The fraction of sp³-hybridized carbons (Fsp3) is 0.923. The molecule has 0 saturated carbocycles. The van der Waals surface area contributed by atoms with Crippen molar-refractivity contribution in [3.05, 3.63) is 0 Å². The molecule has 0 spiro atoms. The lowest BCUT2D eigenvalue weighted by Crippen LogP contribution is -2.53. The molecule has 1 aliphatic heterocycles. The van der Waals surface area contributed by atoms with E-state index < -0.39 is 5.97 Å². The Bertz CT molecular complexity index is 239. The van der Waals surface area contributed by atoms with Crippen molar-refractivity contribution in [1.82, 2.24) is 4.90 Å². The molecular formula is C13H25NO2. The smallest absolute Gasteiger partial charge is 0.303 e. The van der Waals surface area contributed by atoms with Gasteiger partial charge in [0.1, 0.15) is 0 Å². The van der Waals surface area contributed by atoms with Crippen LogP contribution in [-0.2, 0) is 4.79 Å². The predicted octanol–water partition coefficient (Wildman–Crippen LogP) is 2.47. The zero-order valence-electron chi connectivity index (χ0n) is 11.0. The van der Waals surface area contributed by atoms with Crippen molar-refractivity contribution in [1.29, 1.82) is 0 Å². The molecule has 3 heteroatoms. The summed E-state index contributed by atoms with van der Waals surface area (Å²) in [5.74, 6) is 0.424. The lowest BCUT2D eigenvalue weighted by atomic mass is 9.75. The van der Waals surface area contributed by atoms with Crippen molar-refractivity contribution in [2.45, 2.75) is 40.5 Å². The highest BCUT2D eigenvalue weighted by Crippen LogP contribution is 2.34. The first-order chi connectivity index (χ1) is 7.32. The highest BCUT2D eigenvalue weighted by molar-refractivity contribution is 5.67. The number of hydrogen-bond donors (Lipinski definition) is 1. The largest absolute Gasteiger partial charge is 0.481 e. The molecular weight excluding hydrogens is 202 g/mol. The van der Waals surface area contributed by atoms with Crippen LogP contribution in [0.4, 0.5) is 0 Å². The average Bonchev–Trinajstić information content (AvgIpc) is 2.05. The molecule has 1 N–H and O–H groups in total. The first-order valence-electron chi connectivity index (χ1n) is 6.27. The van der Waals surface area contributed by atoms with Crippen molar-refractivity contribution in [2.75, 3.05) is 19.6 Å². The van der Waals surface area contributed by atoms with Gasteiger partial charge in [0.25, 0.3) is 0 Å². The van der Waals surface area contributed by atoms with Gasteiger partial charge in [0, 0.05) is 26.1 Å². The van der Waals surface area contributed by atoms with E-state index in [1.165, 1.54) is 0 Å². The summed E-state index contributed by atoms with van der Waals surface area (Å²) >= 11 is 0. The molecule has 0 aromatic rings. The first kappa shape index (κ1) is 13.5. The molecule has 0 aromatic carbocycles. The molecule has 1 rings (SSSR count). The Balaban J connectivity index is 2.27. The van der Waals surface area contributed by atoms with Crippen LogP contribution in [0.15, 0.2) is 0 Å². The maximum atomic E-state index is 10.7. The molecule has 1 aliphatic rings. The van der Waals surface area contributed by atoms with Crippen molar-refractivity contribution in [2.24, 2.45) is 17.3 Å². The average molecular weight is 227 g/mol. The molecule has 94 valence electrons. The van der Waals surface area contributed by atoms with Crippen LogP contribution in [0.2, 0.25) is 0 Å². The molecule has 16 heavy (non-hydrogen) atoms. The van der Waals surface area contributed by atoms with Crippen LogP contribution >= 0.6 is 0 Å². The van der Waals surface area contributed by atoms with E-state index in [0.29, 0.717) is 17.8 Å². The van der Waals surface area contributed by atoms with Gasteiger partial charge in [-0.3, -0.25) is 4.79 Å². The normalized spacial score (nSPS) is 20.5. The van der Waals surface area contributed by atoms with Crippen LogP contribution in [0.3, 0.4) is 0 Å². The summed E-state index contributed by atoms with van der Waals surface area (Å²) in [4.78, 5) is 13.1. The summed E-state index contributed by atoms with van der Waals surface area (Å²) < 4.78 is 0. The van der Waals surface area contributed by atoms with Gasteiger partial charge in [-0.2, -0.15) is 0 Å². The number of carbonyl (C=O) groups is 1. The van der Waals surface area contributed by atoms with Crippen LogP contribution in [0.5, 0.6) is 0 Å². The third-order valence-corrected chi connectivity index (χ3v) is 3.74. The predicted molar refractivity (Wildman–Crippen MR) is 65.4 cm³/mol. The van der Waals surface area contributed by atoms with Crippen molar-refractivity contribution < 1.29 is 9.90 Å². The van der Waals surface area contributed by atoms with Gasteiger partial charge in [-0.05, 0) is 17.3 Å². The van der Waals surface area contributed by atoms with Crippen molar-refractivity contribution in [3.63, 3.8) is 0 Å². The fourth-order valence-corrected chi connectivity index (χ4v) is 2.22. The molecule has 1 fully saturated rings. The third-order valence-electron chi connectivity index (χ3n) is 3.74. The minimum absolute atomic E-state index is 0.313. The van der Waals surface area contributed by atoms with Gasteiger partial charge in [0.2, 0.25) is 0 Å². The molecule has 0 amide bonds. The number of hydrogen-bond acceptors (Lipinski definition) is 2. The van der Waals surface area contributed by atoms with Gasteiger partial charge >= 0.3 is 5.97 Å². The molecule has 3 nitrogen and oxygen atoms in total. The summed E-state index contributed by atoms with van der Waals surface area (Å²) in [6, 6.07) is 0. The number of likely N-dealkylation sites (tertiary alicyclic amines) is 1. The van der Waals surface area contributed by atoms with Gasteiger partial charge in [0.15, 0.2) is 0 Å². The Morgan fingerprint density at radius 3 is 2.38 bits per heavy atom. The molecule has 0 radical (unpaired) electrons. The molecule has 0 bridgehead atoms. The SMILES string of the molecule is CCC(CC(=O)O)CN1CC(C(C)(C)C)C1. The number of rotatable bonds is 5. The lowest BCUT2D eigenvalue weighted by molar-refractivity contribution is -0.138. The summed E-state index contributed by atoms with van der Waals surface area (Å²) in [6.45, 7) is 12.2. The second-order valence-corrected chi connectivity index (χ2v) is 6.15.